The molecule has 1 unspecified atom stereocenters. The predicted molar refractivity (Wildman–Crippen MR) is 116 cm³/mol. The van der Waals surface area contributed by atoms with Gasteiger partial charge in [0.2, 0.25) is 0 Å². The molecular weight excluding hydrogens is 581 g/mol. The maximum Gasteiger partial charge on any atom is 0.490 e. The zero-order valence-electron chi connectivity index (χ0n) is 19.7. The number of carbonyl (C=O) groups is 3. The van der Waals surface area contributed by atoms with Gasteiger partial charge < -0.3 is 41.6 Å². The number of ether oxygens (including phenoxy) is 1. The van der Waals surface area contributed by atoms with Crippen molar-refractivity contribution in [2.24, 2.45) is 17.4 Å². The second kappa shape index (κ2) is 14.4. The number of hydrogen-bond donors (Lipinski definition) is 8. The van der Waals surface area contributed by atoms with Gasteiger partial charge in [0.25, 0.3) is 10.2 Å². The van der Waals surface area contributed by atoms with E-state index in [1.165, 1.54) is 0 Å². The maximum atomic E-state index is 12.5. The van der Waals surface area contributed by atoms with Crippen LogP contribution in [0.2, 0.25) is 6.32 Å². The summed E-state index contributed by atoms with van der Waals surface area (Å²) in [6.07, 6.45) is -9.53. The van der Waals surface area contributed by atoms with E-state index < -0.39 is 71.1 Å². The highest BCUT2D eigenvalue weighted by Gasteiger charge is 2.52. The molecule has 2 heterocycles. The van der Waals surface area contributed by atoms with Crippen LogP contribution in [-0.2, 0) is 29.3 Å². The van der Waals surface area contributed by atoms with Crippen LogP contribution in [0.25, 0.3) is 0 Å². The van der Waals surface area contributed by atoms with Crippen molar-refractivity contribution in [1.82, 2.24) is 9.03 Å². The number of aliphatic carboxylic acids is 3. The molecule has 2 aliphatic rings. The summed E-state index contributed by atoms with van der Waals surface area (Å²) in [6.45, 7) is -0.0384. The van der Waals surface area contributed by atoms with Gasteiger partial charge in [-0.25, -0.2) is 9.59 Å². The number of halogens is 6. The van der Waals surface area contributed by atoms with Gasteiger partial charge in [0.15, 0.2) is 0 Å². The molecule has 228 valence electrons. The minimum absolute atomic E-state index is 0.0610. The fraction of sp³-hybridized carbons (Fsp3) is 0.812. The van der Waals surface area contributed by atoms with Crippen LogP contribution in [0.4, 0.5) is 26.3 Å². The Balaban J connectivity index is 0.000000848. The van der Waals surface area contributed by atoms with Gasteiger partial charge in [-0.05, 0) is 12.7 Å². The lowest BCUT2D eigenvalue weighted by Crippen LogP contribution is -2.56. The quantitative estimate of drug-likeness (QED) is 0.107. The molecule has 0 aromatic rings. The largest absolute Gasteiger partial charge is 0.490 e. The van der Waals surface area contributed by atoms with E-state index in [0.29, 0.717) is 6.42 Å². The number of rotatable bonds is 8. The zero-order chi connectivity index (χ0) is 31.0. The van der Waals surface area contributed by atoms with E-state index >= 15 is 0 Å². The highest BCUT2D eigenvalue weighted by atomic mass is 32.2. The number of carboxylic acids is 3. The Morgan fingerprint density at radius 2 is 1.49 bits per heavy atom. The minimum atomic E-state index is -5.08. The Hall–Kier alpha value is -2.28. The summed E-state index contributed by atoms with van der Waals surface area (Å²) in [7, 11) is -5.47. The lowest BCUT2D eigenvalue weighted by atomic mass is 9.78. The molecule has 0 aromatic carbocycles. The maximum absolute atomic E-state index is 12.5. The number of nitrogens with two attached hydrogens (primary N) is 2. The van der Waals surface area contributed by atoms with E-state index in [-0.39, 0.29) is 39.0 Å². The van der Waals surface area contributed by atoms with Crippen molar-refractivity contribution < 1.29 is 79.2 Å². The normalized spacial score (nSPS) is 25.6. The summed E-state index contributed by atoms with van der Waals surface area (Å²) >= 11 is 0. The molecule has 0 spiro atoms. The molecule has 0 saturated carbocycles. The van der Waals surface area contributed by atoms with Gasteiger partial charge in [0, 0.05) is 25.0 Å². The van der Waals surface area contributed by atoms with Crippen molar-refractivity contribution in [3.05, 3.63) is 0 Å². The van der Waals surface area contributed by atoms with Crippen LogP contribution in [-0.4, -0.2) is 119 Å². The first-order valence-corrected chi connectivity index (χ1v) is 12.0. The second-order valence-electron chi connectivity index (χ2n) is 8.28. The molecule has 4 atom stereocenters. The van der Waals surface area contributed by atoms with Crippen LogP contribution in [0.1, 0.15) is 12.8 Å². The van der Waals surface area contributed by atoms with Gasteiger partial charge in [-0.2, -0.15) is 43.8 Å². The van der Waals surface area contributed by atoms with E-state index in [2.05, 4.69) is 4.72 Å². The summed E-state index contributed by atoms with van der Waals surface area (Å²) in [5.41, 5.74) is 10.0. The van der Waals surface area contributed by atoms with Gasteiger partial charge in [0.05, 0.1) is 19.3 Å². The predicted octanol–water partition coefficient (Wildman–Crippen LogP) is -2.22. The highest BCUT2D eigenvalue weighted by Crippen LogP contribution is 2.32. The van der Waals surface area contributed by atoms with E-state index in [1.807, 2.05) is 0 Å². The van der Waals surface area contributed by atoms with E-state index in [0.717, 1.165) is 4.31 Å². The van der Waals surface area contributed by atoms with Gasteiger partial charge in [-0.3, -0.25) is 4.79 Å². The minimum Gasteiger partial charge on any atom is -0.480 e. The molecule has 0 radical (unpaired) electrons. The Labute approximate surface area is 217 Å². The average molecular weight is 608 g/mol. The average Bonchev–Trinajstić information content (AvgIpc) is 3.31. The molecule has 23 heteroatoms. The van der Waals surface area contributed by atoms with Crippen LogP contribution < -0.4 is 16.2 Å². The van der Waals surface area contributed by atoms with E-state index in [9.17, 15) is 44.7 Å². The number of nitrogens with zero attached hydrogens (tertiary/aromatic N) is 1. The Morgan fingerprint density at radius 1 is 1.03 bits per heavy atom. The van der Waals surface area contributed by atoms with Gasteiger partial charge in [-0.15, -0.1) is 0 Å². The third-order valence-electron chi connectivity index (χ3n) is 5.25. The van der Waals surface area contributed by atoms with Gasteiger partial charge >= 0.3 is 37.4 Å². The smallest absolute Gasteiger partial charge is 0.480 e. The van der Waals surface area contributed by atoms with Crippen LogP contribution in [0.15, 0.2) is 0 Å². The SMILES string of the molecule is N[C@H]1COCC1NS(=O)(=O)N1C[C@H](CCCB(O)O)[C@](N)(C(=O)O)C1.O=C(O)C(F)(F)F.O=C(O)C(F)(F)F. The monoisotopic (exact) mass is 608 g/mol. The van der Waals surface area contributed by atoms with Crippen LogP contribution >= 0.6 is 0 Å². The number of carboxylic acid groups (broad SMARTS) is 3. The first-order valence-electron chi connectivity index (χ1n) is 10.5. The molecule has 15 nitrogen and oxygen atoms in total. The van der Waals surface area contributed by atoms with Crippen molar-refractivity contribution >= 4 is 35.2 Å². The zero-order valence-corrected chi connectivity index (χ0v) is 20.5. The second-order valence-corrected chi connectivity index (χ2v) is 9.99. The molecule has 2 saturated heterocycles. The van der Waals surface area contributed by atoms with E-state index in [4.69, 9.17) is 46.1 Å². The molecule has 39 heavy (non-hydrogen) atoms. The Kier molecular flexibility index (Phi) is 13.5. The van der Waals surface area contributed by atoms with Crippen molar-refractivity contribution in [1.29, 1.82) is 0 Å². The first kappa shape index (κ1) is 36.7. The fourth-order valence-electron chi connectivity index (χ4n) is 3.17. The molecular formula is C16H27BF6N4O11S. The fourth-order valence-corrected chi connectivity index (χ4v) is 4.71. The molecule has 2 aliphatic heterocycles. The lowest BCUT2D eigenvalue weighted by molar-refractivity contribution is -0.193. The van der Waals surface area contributed by atoms with Crippen molar-refractivity contribution in [2.75, 3.05) is 26.3 Å². The molecule has 0 amide bonds. The number of hydrogen-bond acceptors (Lipinski definition) is 10. The first-order chi connectivity index (χ1) is 17.4. The van der Waals surface area contributed by atoms with Gasteiger partial charge in [0.1, 0.15) is 5.54 Å². The number of alkyl halides is 6. The molecule has 10 N–H and O–H groups in total. The van der Waals surface area contributed by atoms with E-state index in [1.54, 1.807) is 0 Å². The Morgan fingerprint density at radius 3 is 1.82 bits per heavy atom. The van der Waals surface area contributed by atoms with Crippen LogP contribution in [0, 0.1) is 5.92 Å². The van der Waals surface area contributed by atoms with Crippen LogP contribution in [0.5, 0.6) is 0 Å². The molecule has 0 aromatic heterocycles. The molecule has 2 fully saturated rings. The number of nitrogens with one attached hydrogen (secondary N) is 1. The van der Waals surface area contributed by atoms with Crippen molar-refractivity contribution in [3.63, 3.8) is 0 Å². The lowest BCUT2D eigenvalue weighted by Gasteiger charge is -2.25. The summed E-state index contributed by atoms with van der Waals surface area (Å²) < 4.78 is 97.1. The summed E-state index contributed by atoms with van der Waals surface area (Å²) in [4.78, 5) is 29.4. The molecule has 2 rings (SSSR count). The standard InChI is InChI=1S/C12H25BN4O7S.2C2HF3O2/c14-9-5-24-6-10(9)16-25(22,23)17-4-8(2-1-3-13(20)21)12(15,7-17)11(18)19;2*3-2(4,5)1(6)7/h8-10,16,20-21H,1-7,14-15H2,(H,18,19);2*(H,6,7)/t8-,9-,10?,12-;;/m0../s1. The van der Waals surface area contributed by atoms with Crippen molar-refractivity contribution in [2.45, 2.75) is 49.1 Å². The molecule has 0 aliphatic carbocycles. The highest BCUT2D eigenvalue weighted by molar-refractivity contribution is 7.87. The van der Waals surface area contributed by atoms with Crippen LogP contribution in [0.3, 0.4) is 0 Å². The summed E-state index contributed by atoms with van der Waals surface area (Å²) in [5, 5.41) is 41.5. The molecule has 0 bridgehead atoms. The Bertz CT molecular complexity index is 932. The summed E-state index contributed by atoms with van der Waals surface area (Å²) in [5.74, 6) is -7.45. The summed E-state index contributed by atoms with van der Waals surface area (Å²) in [6, 6.07) is -1.05. The topological polar surface area (TPSA) is 263 Å². The third-order valence-corrected chi connectivity index (χ3v) is 6.81. The van der Waals surface area contributed by atoms with Crippen molar-refractivity contribution in [3.8, 4) is 0 Å². The third kappa shape index (κ3) is 12.2. The van der Waals surface area contributed by atoms with Gasteiger partial charge in [-0.1, -0.05) is 6.42 Å².